The Morgan fingerprint density at radius 2 is 2.00 bits per heavy atom. The quantitative estimate of drug-likeness (QED) is 0.613. The number of ether oxygens (including phenoxy) is 3. The normalized spacial score (nSPS) is 27.5. The van der Waals surface area contributed by atoms with Crippen molar-refractivity contribution in [1.29, 1.82) is 0 Å². The van der Waals surface area contributed by atoms with Crippen LogP contribution in [-0.2, 0) is 18.8 Å². The molecule has 4 N–H and O–H groups in total. The van der Waals surface area contributed by atoms with Gasteiger partial charge in [0.25, 0.3) is 0 Å². The molecule has 12 heteroatoms. The minimum absolute atomic E-state index is 0.233. The summed E-state index contributed by atoms with van der Waals surface area (Å²) in [6.45, 7) is 0. The lowest BCUT2D eigenvalue weighted by molar-refractivity contribution is -0.0499. The van der Waals surface area contributed by atoms with E-state index in [2.05, 4.69) is 15.0 Å². The van der Waals surface area contributed by atoms with Gasteiger partial charge in [-0.15, -0.1) is 0 Å². The molecule has 1 fully saturated rings. The second-order valence-corrected chi connectivity index (χ2v) is 6.88. The molecule has 0 bridgehead atoms. The van der Waals surface area contributed by atoms with Gasteiger partial charge >= 0.3 is 7.60 Å². The van der Waals surface area contributed by atoms with Crippen LogP contribution in [0.15, 0.2) is 24.5 Å². The molecular weight excluding hydrogens is 353 g/mol. The molecule has 11 nitrogen and oxygen atoms in total. The lowest BCUT2D eigenvalue weighted by Gasteiger charge is -2.21. The van der Waals surface area contributed by atoms with E-state index in [-0.39, 0.29) is 5.82 Å². The molecule has 136 valence electrons. The van der Waals surface area contributed by atoms with Crippen LogP contribution in [0.5, 0.6) is 0 Å². The Bertz CT molecular complexity index is 835. The number of fused-ring (bicyclic) bond motifs is 1. The number of rotatable bonds is 5. The molecule has 0 aliphatic carbocycles. The monoisotopic (exact) mass is 371 g/mol. The topological polar surface area (TPSA) is 155 Å². The van der Waals surface area contributed by atoms with Crippen LogP contribution in [0.3, 0.4) is 0 Å². The molecule has 4 atom stereocenters. The second-order valence-electron chi connectivity index (χ2n) is 5.41. The number of hydrogen-bond donors (Lipinski definition) is 3. The molecule has 2 aromatic rings. The minimum Gasteiger partial charge on any atom is -0.382 e. The molecule has 0 radical (unpaired) electrons. The molecule has 2 aromatic heterocycles. The molecule has 1 aliphatic heterocycles. The van der Waals surface area contributed by atoms with Crippen LogP contribution < -0.4 is 5.73 Å². The number of anilines is 1. The fraction of sp³-hybridized carbons (Fsp3) is 0.462. The average Bonchev–Trinajstić information content (AvgIpc) is 3.13. The summed E-state index contributed by atoms with van der Waals surface area (Å²) < 4.78 is 29.5. The van der Waals surface area contributed by atoms with E-state index >= 15 is 0 Å². The molecular formula is C13H18N5O6P. The molecule has 3 heterocycles. The van der Waals surface area contributed by atoms with Crippen molar-refractivity contribution in [2.24, 2.45) is 0 Å². The van der Waals surface area contributed by atoms with Crippen molar-refractivity contribution in [2.75, 3.05) is 20.0 Å². The number of hydrogen-bond acceptors (Lipinski definition) is 8. The summed E-state index contributed by atoms with van der Waals surface area (Å²) in [7, 11) is -1.37. The first-order valence-corrected chi connectivity index (χ1v) is 8.92. The molecule has 0 saturated carbocycles. The van der Waals surface area contributed by atoms with Crippen LogP contribution in [-0.4, -0.2) is 61.8 Å². The van der Waals surface area contributed by atoms with Gasteiger partial charge < -0.3 is 29.7 Å². The third kappa shape index (κ3) is 3.43. The minimum atomic E-state index is -4.32. The fourth-order valence-electron chi connectivity index (χ4n) is 2.82. The van der Waals surface area contributed by atoms with Crippen LogP contribution in [0.2, 0.25) is 0 Å². The average molecular weight is 371 g/mol. The van der Waals surface area contributed by atoms with Crippen molar-refractivity contribution >= 4 is 24.6 Å². The van der Waals surface area contributed by atoms with Crippen molar-refractivity contribution < 1.29 is 28.6 Å². The van der Waals surface area contributed by atoms with Crippen molar-refractivity contribution in [2.45, 2.75) is 24.5 Å². The van der Waals surface area contributed by atoms with E-state index in [1.54, 1.807) is 4.57 Å². The molecule has 3 rings (SSSR count). The highest BCUT2D eigenvalue weighted by atomic mass is 31.2. The zero-order chi connectivity index (χ0) is 18.2. The Hall–Kier alpha value is -1.88. The Balaban J connectivity index is 1.99. The summed E-state index contributed by atoms with van der Waals surface area (Å²) in [6.07, 6.45) is 1.51. The number of imidazole rings is 1. The third-order valence-electron chi connectivity index (χ3n) is 3.90. The number of nitrogens with zero attached hydrogens (tertiary/aromatic N) is 4. The van der Waals surface area contributed by atoms with Crippen LogP contribution in [0.1, 0.15) is 6.23 Å². The lowest BCUT2D eigenvalue weighted by atomic mass is 10.1. The zero-order valence-electron chi connectivity index (χ0n) is 13.5. The van der Waals surface area contributed by atoms with Crippen LogP contribution >= 0.6 is 7.60 Å². The highest BCUT2D eigenvalue weighted by molar-refractivity contribution is 7.55. The number of aromatic nitrogens is 4. The standard InChI is InChI=1S/C13H18N5O6P/c1-22-9-7(3-4-25(19,20)21)24-13(10(9)23-2)18-6-17-8-11(14)15-5-16-12(8)18/h3-7,9-10,13H,1-2H3,(H2,14,15,16)(H2,19,20,21)/b4-3+/t7-,9-,10-,13?/m1/s1. The van der Waals surface area contributed by atoms with Gasteiger partial charge in [-0.2, -0.15) is 0 Å². The Kier molecular flexibility index (Phi) is 4.87. The van der Waals surface area contributed by atoms with Crippen molar-refractivity contribution in [3.05, 3.63) is 24.5 Å². The number of nitrogen functional groups attached to an aromatic ring is 1. The van der Waals surface area contributed by atoms with Gasteiger partial charge in [-0.1, -0.05) is 0 Å². The van der Waals surface area contributed by atoms with Crippen molar-refractivity contribution in [1.82, 2.24) is 19.5 Å². The van der Waals surface area contributed by atoms with Gasteiger partial charge in [-0.05, 0) is 6.08 Å². The maximum Gasteiger partial charge on any atom is 0.348 e. The maximum atomic E-state index is 11.1. The fourth-order valence-corrected chi connectivity index (χ4v) is 3.21. The summed E-state index contributed by atoms with van der Waals surface area (Å²) in [5.74, 6) is 1.02. The molecule has 0 aromatic carbocycles. The van der Waals surface area contributed by atoms with Gasteiger partial charge in [0, 0.05) is 20.0 Å². The molecule has 25 heavy (non-hydrogen) atoms. The van der Waals surface area contributed by atoms with Gasteiger partial charge in [-0.3, -0.25) is 9.13 Å². The summed E-state index contributed by atoms with van der Waals surface area (Å²) in [6, 6.07) is 0. The first-order valence-electron chi connectivity index (χ1n) is 7.24. The summed E-state index contributed by atoms with van der Waals surface area (Å²) >= 11 is 0. The molecule has 1 saturated heterocycles. The van der Waals surface area contributed by atoms with E-state index in [0.29, 0.717) is 11.2 Å². The first-order chi connectivity index (χ1) is 11.9. The van der Waals surface area contributed by atoms with Crippen LogP contribution in [0.4, 0.5) is 5.82 Å². The van der Waals surface area contributed by atoms with E-state index in [1.165, 1.54) is 33.0 Å². The lowest BCUT2D eigenvalue weighted by Crippen LogP contribution is -2.34. The van der Waals surface area contributed by atoms with E-state index in [4.69, 9.17) is 29.7 Å². The van der Waals surface area contributed by atoms with Crippen LogP contribution in [0, 0.1) is 0 Å². The smallest absolute Gasteiger partial charge is 0.348 e. The highest BCUT2D eigenvalue weighted by Crippen LogP contribution is 2.40. The maximum absolute atomic E-state index is 11.1. The van der Waals surface area contributed by atoms with E-state index in [9.17, 15) is 4.57 Å². The SMILES string of the molecule is CO[C@@H]1[C@@H](/C=C/P(=O)(O)O)OC(n2cnc3c(N)ncnc32)[C@@H]1OC. The van der Waals surface area contributed by atoms with Gasteiger partial charge in [0.05, 0.1) is 6.33 Å². The highest BCUT2D eigenvalue weighted by Gasteiger charge is 2.46. The second kappa shape index (κ2) is 6.79. The van der Waals surface area contributed by atoms with Crippen molar-refractivity contribution in [3.63, 3.8) is 0 Å². The van der Waals surface area contributed by atoms with E-state index in [1.807, 2.05) is 0 Å². The predicted octanol–water partition coefficient (Wildman–Crippen LogP) is 0.0273. The Morgan fingerprint density at radius 3 is 2.64 bits per heavy atom. The Labute approximate surface area is 142 Å². The summed E-state index contributed by atoms with van der Waals surface area (Å²) in [4.78, 5) is 30.3. The molecule has 1 unspecified atom stereocenters. The molecule has 0 amide bonds. The van der Waals surface area contributed by atoms with Crippen molar-refractivity contribution in [3.8, 4) is 0 Å². The molecule has 0 spiro atoms. The van der Waals surface area contributed by atoms with E-state index < -0.39 is 32.1 Å². The summed E-state index contributed by atoms with van der Waals surface area (Å²) in [5, 5.41) is 0. The molecule has 1 aliphatic rings. The number of methoxy groups -OCH3 is 2. The summed E-state index contributed by atoms with van der Waals surface area (Å²) in [5.41, 5.74) is 6.66. The Morgan fingerprint density at radius 1 is 1.28 bits per heavy atom. The number of nitrogens with two attached hydrogens (primary N) is 1. The van der Waals surface area contributed by atoms with Crippen LogP contribution in [0.25, 0.3) is 11.2 Å². The van der Waals surface area contributed by atoms with Gasteiger partial charge in [-0.25, -0.2) is 15.0 Å². The third-order valence-corrected chi connectivity index (χ3v) is 4.46. The zero-order valence-corrected chi connectivity index (χ0v) is 14.4. The van der Waals surface area contributed by atoms with Gasteiger partial charge in [0.15, 0.2) is 17.7 Å². The largest absolute Gasteiger partial charge is 0.382 e. The first kappa shape index (κ1) is 17.9. The van der Waals surface area contributed by atoms with E-state index in [0.717, 1.165) is 5.82 Å². The van der Waals surface area contributed by atoms with Gasteiger partial charge in [0.1, 0.15) is 30.2 Å². The predicted molar refractivity (Wildman–Crippen MR) is 86.4 cm³/mol. The van der Waals surface area contributed by atoms with Gasteiger partial charge in [0.2, 0.25) is 0 Å².